The largest absolute Gasteiger partial charge is 0.508 e. The summed E-state index contributed by atoms with van der Waals surface area (Å²) in [6.45, 7) is 1.57. The molecule has 0 bridgehead atoms. The van der Waals surface area contributed by atoms with Crippen LogP contribution < -0.4 is 4.90 Å². The molecule has 0 saturated carbocycles. The van der Waals surface area contributed by atoms with Gasteiger partial charge in [0, 0.05) is 10.6 Å². The molecular formula is C15H15NO4S. The average molecular weight is 305 g/mol. The molecule has 21 heavy (non-hydrogen) atoms. The van der Waals surface area contributed by atoms with E-state index >= 15 is 0 Å². The number of nitrogens with zero attached hydrogens (tertiary/aromatic N) is 1. The van der Waals surface area contributed by atoms with Gasteiger partial charge in [0.25, 0.3) is 5.91 Å². The summed E-state index contributed by atoms with van der Waals surface area (Å²) in [6, 6.07) is 9.45. The molecule has 1 aromatic carbocycles. The summed E-state index contributed by atoms with van der Waals surface area (Å²) in [7, 11) is 0. The van der Waals surface area contributed by atoms with E-state index in [9.17, 15) is 14.7 Å². The van der Waals surface area contributed by atoms with Crippen LogP contribution in [0, 0.1) is 0 Å². The van der Waals surface area contributed by atoms with Crippen molar-refractivity contribution in [2.45, 2.75) is 13.3 Å². The molecule has 0 spiro atoms. The van der Waals surface area contributed by atoms with Crippen LogP contribution in [-0.4, -0.2) is 28.6 Å². The molecule has 0 atom stereocenters. The Bertz CT molecular complexity index is 648. The molecule has 1 heterocycles. The van der Waals surface area contributed by atoms with E-state index in [1.165, 1.54) is 40.5 Å². The van der Waals surface area contributed by atoms with Crippen molar-refractivity contribution < 1.29 is 19.8 Å². The first-order valence-corrected chi connectivity index (χ1v) is 7.24. The number of aryl methyl sites for hydroxylation is 1. The second-order valence-electron chi connectivity index (χ2n) is 4.42. The number of rotatable bonds is 5. The number of hydrogen-bond acceptors (Lipinski definition) is 4. The predicted molar refractivity (Wildman–Crippen MR) is 81.1 cm³/mol. The van der Waals surface area contributed by atoms with Gasteiger partial charge >= 0.3 is 5.97 Å². The van der Waals surface area contributed by atoms with Crippen LogP contribution in [0.15, 0.2) is 36.4 Å². The Balaban J connectivity index is 2.32. The molecule has 0 fully saturated rings. The topological polar surface area (TPSA) is 77.8 Å². The summed E-state index contributed by atoms with van der Waals surface area (Å²) in [4.78, 5) is 26.3. The van der Waals surface area contributed by atoms with Gasteiger partial charge in [-0.25, -0.2) is 0 Å². The molecule has 5 nitrogen and oxygen atoms in total. The summed E-state index contributed by atoms with van der Waals surface area (Å²) in [6.07, 6.45) is 0.829. The second-order valence-corrected chi connectivity index (χ2v) is 5.59. The quantitative estimate of drug-likeness (QED) is 0.890. The minimum Gasteiger partial charge on any atom is -0.508 e. The summed E-state index contributed by atoms with van der Waals surface area (Å²) >= 11 is 1.36. The van der Waals surface area contributed by atoms with Crippen LogP contribution in [0.1, 0.15) is 21.5 Å². The SMILES string of the molecule is CCc1ccc(C(=O)N(CC(=O)O)c2ccc(O)cc2)s1. The Morgan fingerprint density at radius 3 is 2.33 bits per heavy atom. The van der Waals surface area contributed by atoms with Crippen molar-refractivity contribution in [3.8, 4) is 5.75 Å². The molecule has 2 aromatic rings. The highest BCUT2D eigenvalue weighted by Crippen LogP contribution is 2.24. The van der Waals surface area contributed by atoms with Crippen LogP contribution in [0.3, 0.4) is 0 Å². The number of hydrogen-bond donors (Lipinski definition) is 2. The molecule has 6 heteroatoms. The van der Waals surface area contributed by atoms with Crippen LogP contribution in [-0.2, 0) is 11.2 Å². The lowest BCUT2D eigenvalue weighted by atomic mass is 10.2. The highest BCUT2D eigenvalue weighted by atomic mass is 32.1. The van der Waals surface area contributed by atoms with E-state index in [4.69, 9.17) is 5.11 Å². The fraction of sp³-hybridized carbons (Fsp3) is 0.200. The maximum absolute atomic E-state index is 12.5. The number of phenolic OH excluding ortho intramolecular Hbond substituents is 1. The van der Waals surface area contributed by atoms with Gasteiger partial charge in [-0.15, -0.1) is 11.3 Å². The lowest BCUT2D eigenvalue weighted by Crippen LogP contribution is -2.35. The highest BCUT2D eigenvalue weighted by molar-refractivity contribution is 7.14. The third kappa shape index (κ3) is 3.61. The number of carbonyl (C=O) groups excluding carboxylic acids is 1. The van der Waals surface area contributed by atoms with E-state index in [2.05, 4.69) is 0 Å². The molecule has 0 saturated heterocycles. The summed E-state index contributed by atoms with van der Waals surface area (Å²) in [5.41, 5.74) is 0.437. The Morgan fingerprint density at radius 1 is 1.14 bits per heavy atom. The Hall–Kier alpha value is -2.34. The first-order chi connectivity index (χ1) is 10.0. The molecule has 0 aliphatic heterocycles. The number of aromatic hydroxyl groups is 1. The first-order valence-electron chi connectivity index (χ1n) is 6.42. The minimum atomic E-state index is -1.09. The molecule has 110 valence electrons. The smallest absolute Gasteiger partial charge is 0.323 e. The van der Waals surface area contributed by atoms with E-state index in [-0.39, 0.29) is 11.7 Å². The van der Waals surface area contributed by atoms with E-state index in [0.717, 1.165) is 11.3 Å². The highest BCUT2D eigenvalue weighted by Gasteiger charge is 2.21. The van der Waals surface area contributed by atoms with Crippen LogP contribution in [0.5, 0.6) is 5.75 Å². The van der Waals surface area contributed by atoms with Gasteiger partial charge < -0.3 is 10.2 Å². The maximum atomic E-state index is 12.5. The number of thiophene rings is 1. The number of carboxylic acids is 1. The van der Waals surface area contributed by atoms with Crippen molar-refractivity contribution in [1.82, 2.24) is 0 Å². The lowest BCUT2D eigenvalue weighted by Gasteiger charge is -2.20. The normalized spacial score (nSPS) is 10.3. The third-order valence-corrected chi connectivity index (χ3v) is 4.14. The standard InChI is InChI=1S/C15H15NO4S/c1-2-12-7-8-13(21-12)15(20)16(9-14(18)19)10-3-5-11(17)6-4-10/h3-8,17H,2,9H2,1H3,(H,18,19). The van der Waals surface area contributed by atoms with E-state index in [0.29, 0.717) is 10.6 Å². The van der Waals surface area contributed by atoms with Gasteiger partial charge in [-0.2, -0.15) is 0 Å². The predicted octanol–water partition coefficient (Wildman–Crippen LogP) is 2.75. The Kier molecular flexibility index (Phi) is 4.59. The van der Waals surface area contributed by atoms with E-state index in [1.807, 2.05) is 13.0 Å². The molecule has 0 aliphatic carbocycles. The molecule has 0 aliphatic rings. The molecule has 1 aromatic heterocycles. The van der Waals surface area contributed by atoms with Crippen molar-refractivity contribution >= 4 is 28.9 Å². The molecule has 0 radical (unpaired) electrons. The minimum absolute atomic E-state index is 0.0610. The molecule has 2 rings (SSSR count). The third-order valence-electron chi connectivity index (χ3n) is 2.92. The molecular weight excluding hydrogens is 290 g/mol. The Labute approximate surface area is 126 Å². The van der Waals surface area contributed by atoms with Crippen LogP contribution in [0.4, 0.5) is 5.69 Å². The van der Waals surface area contributed by atoms with Gasteiger partial charge in [-0.05, 0) is 42.8 Å². The summed E-state index contributed by atoms with van der Waals surface area (Å²) < 4.78 is 0. The number of amides is 1. The number of carboxylic acid groups (broad SMARTS) is 1. The molecule has 2 N–H and O–H groups in total. The van der Waals surface area contributed by atoms with Crippen molar-refractivity contribution in [2.24, 2.45) is 0 Å². The fourth-order valence-electron chi connectivity index (χ4n) is 1.86. The van der Waals surface area contributed by atoms with Gasteiger partial charge in [0.1, 0.15) is 12.3 Å². The Morgan fingerprint density at radius 2 is 1.81 bits per heavy atom. The fourth-order valence-corrected chi connectivity index (χ4v) is 2.76. The van der Waals surface area contributed by atoms with Crippen molar-refractivity contribution in [3.05, 3.63) is 46.2 Å². The van der Waals surface area contributed by atoms with Crippen molar-refractivity contribution in [3.63, 3.8) is 0 Å². The van der Waals surface area contributed by atoms with Gasteiger partial charge in [0.15, 0.2) is 0 Å². The lowest BCUT2D eigenvalue weighted by molar-refractivity contribution is -0.135. The van der Waals surface area contributed by atoms with Gasteiger partial charge in [0.05, 0.1) is 4.88 Å². The van der Waals surface area contributed by atoms with Crippen LogP contribution >= 0.6 is 11.3 Å². The monoisotopic (exact) mass is 305 g/mol. The number of anilines is 1. The number of aliphatic carboxylic acids is 1. The second kappa shape index (κ2) is 6.41. The molecule has 0 unspecified atom stereocenters. The van der Waals surface area contributed by atoms with Gasteiger partial charge in [-0.1, -0.05) is 6.92 Å². The van der Waals surface area contributed by atoms with Crippen molar-refractivity contribution in [2.75, 3.05) is 11.4 Å². The average Bonchev–Trinajstić information content (AvgIpc) is 2.94. The van der Waals surface area contributed by atoms with Crippen molar-refractivity contribution in [1.29, 1.82) is 0 Å². The van der Waals surface area contributed by atoms with Gasteiger partial charge in [-0.3, -0.25) is 14.5 Å². The maximum Gasteiger partial charge on any atom is 0.323 e. The summed E-state index contributed by atoms with van der Waals surface area (Å²) in [5.74, 6) is -1.39. The zero-order valence-electron chi connectivity index (χ0n) is 11.4. The van der Waals surface area contributed by atoms with E-state index < -0.39 is 12.5 Å². The zero-order chi connectivity index (χ0) is 15.4. The van der Waals surface area contributed by atoms with E-state index in [1.54, 1.807) is 6.07 Å². The number of benzene rings is 1. The first kappa shape index (κ1) is 15.1. The summed E-state index contributed by atoms with van der Waals surface area (Å²) in [5, 5.41) is 18.3. The van der Waals surface area contributed by atoms with Gasteiger partial charge in [0.2, 0.25) is 0 Å². The number of carbonyl (C=O) groups is 2. The van der Waals surface area contributed by atoms with Crippen LogP contribution in [0.2, 0.25) is 0 Å². The molecule has 1 amide bonds. The van der Waals surface area contributed by atoms with Crippen LogP contribution in [0.25, 0.3) is 0 Å². The zero-order valence-corrected chi connectivity index (χ0v) is 12.3. The number of phenols is 1.